The van der Waals surface area contributed by atoms with Gasteiger partial charge in [-0.05, 0) is 25.7 Å². The molecule has 2 N–H and O–H groups in total. The molecule has 0 aliphatic heterocycles. The molecular weight excluding hydrogens is 210 g/mol. The van der Waals surface area contributed by atoms with Crippen LogP contribution < -0.4 is 5.32 Å². The SMILES string of the molecule is C=CCCC(C)C(C)OC(=O)NCC(=O)O. The second-order valence-electron chi connectivity index (χ2n) is 3.70. The lowest BCUT2D eigenvalue weighted by molar-refractivity contribution is -0.135. The van der Waals surface area contributed by atoms with Gasteiger partial charge in [-0.15, -0.1) is 6.58 Å². The van der Waals surface area contributed by atoms with Gasteiger partial charge in [0.15, 0.2) is 0 Å². The molecule has 2 atom stereocenters. The first-order valence-corrected chi connectivity index (χ1v) is 5.24. The van der Waals surface area contributed by atoms with Gasteiger partial charge in [-0.2, -0.15) is 0 Å². The first-order valence-electron chi connectivity index (χ1n) is 5.24. The average Bonchev–Trinajstić information content (AvgIpc) is 2.22. The molecule has 0 rings (SSSR count). The molecule has 0 saturated heterocycles. The van der Waals surface area contributed by atoms with Crippen molar-refractivity contribution in [3.8, 4) is 0 Å². The van der Waals surface area contributed by atoms with Crippen LogP contribution in [0, 0.1) is 5.92 Å². The molecule has 0 aliphatic carbocycles. The van der Waals surface area contributed by atoms with Crippen molar-refractivity contribution in [1.82, 2.24) is 5.32 Å². The number of hydrogen-bond acceptors (Lipinski definition) is 3. The van der Waals surface area contributed by atoms with Crippen molar-refractivity contribution in [1.29, 1.82) is 0 Å². The molecule has 1 amide bonds. The summed E-state index contributed by atoms with van der Waals surface area (Å²) in [4.78, 5) is 21.3. The third kappa shape index (κ3) is 6.86. The Morgan fingerprint density at radius 3 is 2.62 bits per heavy atom. The summed E-state index contributed by atoms with van der Waals surface area (Å²) in [6.45, 7) is 6.95. The summed E-state index contributed by atoms with van der Waals surface area (Å²) in [6.07, 6.45) is 2.63. The van der Waals surface area contributed by atoms with Gasteiger partial charge in [0.1, 0.15) is 12.6 Å². The highest BCUT2D eigenvalue weighted by molar-refractivity contribution is 5.76. The molecule has 0 radical (unpaired) electrons. The molecule has 92 valence electrons. The summed E-state index contributed by atoms with van der Waals surface area (Å²) in [5, 5.41) is 10.5. The summed E-state index contributed by atoms with van der Waals surface area (Å²) in [5.74, 6) is -0.877. The summed E-state index contributed by atoms with van der Waals surface area (Å²) in [6, 6.07) is 0. The lowest BCUT2D eigenvalue weighted by atomic mass is 10.0. The number of carboxylic acids is 1. The van der Waals surface area contributed by atoms with Gasteiger partial charge < -0.3 is 15.2 Å². The standard InChI is InChI=1S/C11H19NO4/c1-4-5-6-8(2)9(3)16-11(15)12-7-10(13)14/h4,8-9H,1,5-7H2,2-3H3,(H,12,15)(H,13,14). The van der Waals surface area contributed by atoms with Crippen LogP contribution >= 0.6 is 0 Å². The van der Waals surface area contributed by atoms with E-state index in [4.69, 9.17) is 9.84 Å². The van der Waals surface area contributed by atoms with Crippen LogP contribution in [0.3, 0.4) is 0 Å². The Morgan fingerprint density at radius 2 is 2.12 bits per heavy atom. The lowest BCUT2D eigenvalue weighted by Crippen LogP contribution is -2.33. The molecule has 0 spiro atoms. The van der Waals surface area contributed by atoms with Crippen molar-refractivity contribution < 1.29 is 19.4 Å². The molecule has 0 saturated carbocycles. The van der Waals surface area contributed by atoms with E-state index in [1.165, 1.54) is 0 Å². The third-order valence-electron chi connectivity index (χ3n) is 2.30. The Balaban J connectivity index is 3.83. The minimum Gasteiger partial charge on any atom is -0.480 e. The molecule has 0 aromatic rings. The number of ether oxygens (including phenoxy) is 1. The van der Waals surface area contributed by atoms with E-state index in [0.29, 0.717) is 0 Å². The van der Waals surface area contributed by atoms with Crippen molar-refractivity contribution in [3.63, 3.8) is 0 Å². The van der Waals surface area contributed by atoms with E-state index in [1.54, 1.807) is 6.92 Å². The van der Waals surface area contributed by atoms with Crippen molar-refractivity contribution in [2.24, 2.45) is 5.92 Å². The van der Waals surface area contributed by atoms with Crippen LogP contribution in [-0.2, 0) is 9.53 Å². The van der Waals surface area contributed by atoms with Gasteiger partial charge in [-0.25, -0.2) is 4.79 Å². The predicted molar refractivity (Wildman–Crippen MR) is 60.2 cm³/mol. The minimum absolute atomic E-state index is 0.216. The fraction of sp³-hybridized carbons (Fsp3) is 0.636. The number of aliphatic carboxylic acids is 1. The van der Waals surface area contributed by atoms with Crippen LogP contribution in [0.15, 0.2) is 12.7 Å². The monoisotopic (exact) mass is 229 g/mol. The van der Waals surface area contributed by atoms with Crippen LogP contribution in [-0.4, -0.2) is 29.8 Å². The third-order valence-corrected chi connectivity index (χ3v) is 2.30. The Kier molecular flexibility index (Phi) is 7.00. The van der Waals surface area contributed by atoms with Gasteiger partial charge >= 0.3 is 12.1 Å². The molecule has 0 aromatic heterocycles. The number of nitrogens with one attached hydrogen (secondary N) is 1. The first-order chi connectivity index (χ1) is 7.47. The van der Waals surface area contributed by atoms with E-state index in [0.717, 1.165) is 12.8 Å². The maximum absolute atomic E-state index is 11.1. The summed E-state index contributed by atoms with van der Waals surface area (Å²) >= 11 is 0. The lowest BCUT2D eigenvalue weighted by Gasteiger charge is -2.19. The Morgan fingerprint density at radius 1 is 1.50 bits per heavy atom. The number of allylic oxidation sites excluding steroid dienone is 1. The maximum atomic E-state index is 11.1. The molecule has 0 aromatic carbocycles. The first kappa shape index (κ1) is 14.5. The summed E-state index contributed by atoms with van der Waals surface area (Å²) in [7, 11) is 0. The highest BCUT2D eigenvalue weighted by Gasteiger charge is 2.16. The van der Waals surface area contributed by atoms with Gasteiger partial charge in [-0.1, -0.05) is 13.0 Å². The van der Waals surface area contributed by atoms with E-state index < -0.39 is 18.6 Å². The van der Waals surface area contributed by atoms with E-state index in [9.17, 15) is 9.59 Å². The molecule has 5 heteroatoms. The van der Waals surface area contributed by atoms with Gasteiger partial charge in [-0.3, -0.25) is 4.79 Å². The Hall–Kier alpha value is -1.52. The molecule has 2 unspecified atom stereocenters. The number of amides is 1. The zero-order valence-electron chi connectivity index (χ0n) is 9.73. The second kappa shape index (κ2) is 7.73. The topological polar surface area (TPSA) is 75.6 Å². The van der Waals surface area contributed by atoms with Crippen molar-refractivity contribution in [2.45, 2.75) is 32.8 Å². The quantitative estimate of drug-likeness (QED) is 0.652. The summed E-state index contributed by atoms with van der Waals surface area (Å²) in [5.41, 5.74) is 0. The van der Waals surface area contributed by atoms with Crippen LogP contribution in [0.1, 0.15) is 26.7 Å². The van der Waals surface area contributed by atoms with Crippen molar-refractivity contribution >= 4 is 12.1 Å². The minimum atomic E-state index is -1.09. The van der Waals surface area contributed by atoms with Crippen LogP contribution in [0.2, 0.25) is 0 Å². The highest BCUT2D eigenvalue weighted by atomic mass is 16.6. The number of carbonyl (C=O) groups is 2. The second-order valence-corrected chi connectivity index (χ2v) is 3.70. The normalized spacial score (nSPS) is 13.6. The van der Waals surface area contributed by atoms with Crippen molar-refractivity contribution in [3.05, 3.63) is 12.7 Å². The number of carbonyl (C=O) groups excluding carboxylic acids is 1. The van der Waals surface area contributed by atoms with E-state index in [1.807, 2.05) is 13.0 Å². The predicted octanol–water partition coefficient (Wildman–Crippen LogP) is 1.79. The fourth-order valence-corrected chi connectivity index (χ4v) is 1.09. The van der Waals surface area contributed by atoms with Gasteiger partial charge in [0, 0.05) is 0 Å². The van der Waals surface area contributed by atoms with Crippen LogP contribution in [0.5, 0.6) is 0 Å². The van der Waals surface area contributed by atoms with Gasteiger partial charge in [0.25, 0.3) is 0 Å². The van der Waals surface area contributed by atoms with Crippen LogP contribution in [0.4, 0.5) is 4.79 Å². The molecule has 16 heavy (non-hydrogen) atoms. The van der Waals surface area contributed by atoms with Gasteiger partial charge in [0.05, 0.1) is 0 Å². The molecule has 0 bridgehead atoms. The molecule has 0 heterocycles. The van der Waals surface area contributed by atoms with E-state index in [2.05, 4.69) is 11.9 Å². The number of alkyl carbamates (subject to hydrolysis) is 1. The van der Waals surface area contributed by atoms with Crippen LogP contribution in [0.25, 0.3) is 0 Å². The average molecular weight is 229 g/mol. The summed E-state index contributed by atoms with van der Waals surface area (Å²) < 4.78 is 5.01. The number of hydrogen-bond donors (Lipinski definition) is 2. The highest BCUT2D eigenvalue weighted by Crippen LogP contribution is 2.13. The fourth-order valence-electron chi connectivity index (χ4n) is 1.09. The van der Waals surface area contributed by atoms with Crippen molar-refractivity contribution in [2.75, 3.05) is 6.54 Å². The zero-order valence-corrected chi connectivity index (χ0v) is 9.73. The Bertz CT molecular complexity index is 252. The zero-order chi connectivity index (χ0) is 12.6. The molecule has 0 fully saturated rings. The molecule has 5 nitrogen and oxygen atoms in total. The van der Waals surface area contributed by atoms with E-state index in [-0.39, 0.29) is 12.0 Å². The van der Waals surface area contributed by atoms with E-state index >= 15 is 0 Å². The Labute approximate surface area is 95.5 Å². The largest absolute Gasteiger partial charge is 0.480 e. The number of carboxylic acid groups (broad SMARTS) is 1. The maximum Gasteiger partial charge on any atom is 0.407 e. The molecular formula is C11H19NO4. The number of rotatable bonds is 7. The van der Waals surface area contributed by atoms with Gasteiger partial charge in [0.2, 0.25) is 0 Å². The molecule has 0 aliphatic rings. The smallest absolute Gasteiger partial charge is 0.407 e.